The van der Waals surface area contributed by atoms with E-state index in [1.54, 1.807) is 30.3 Å². The normalized spacial score (nSPS) is 11.9. The van der Waals surface area contributed by atoms with Gasteiger partial charge < -0.3 is 11.1 Å². The molecule has 0 radical (unpaired) electrons. The standard InChI is InChI=1S/C25H20Cl2N4O2S/c26-19-10-6-17(7-11-19)23-15-14-21(30-24(23)18-8-12-20(27)13-9-18)16-29-25(28)31-34(32,33)22-4-2-1-3-5-22/h1-15H,16H2,(H3,28,29,31). The Kier molecular flexibility index (Phi) is 7.17. The van der Waals surface area contributed by atoms with Gasteiger partial charge in [0.25, 0.3) is 10.0 Å². The molecule has 3 N–H and O–H groups in total. The molecular weight excluding hydrogens is 491 g/mol. The zero-order valence-corrected chi connectivity index (χ0v) is 20.1. The van der Waals surface area contributed by atoms with E-state index >= 15 is 0 Å². The summed E-state index contributed by atoms with van der Waals surface area (Å²) in [7, 11) is -3.91. The molecule has 0 spiro atoms. The Bertz CT molecular complexity index is 1420. The molecule has 3 aromatic carbocycles. The lowest BCUT2D eigenvalue weighted by atomic mass is 9.99. The molecule has 1 aromatic heterocycles. The van der Waals surface area contributed by atoms with Gasteiger partial charge in [0.2, 0.25) is 5.96 Å². The van der Waals surface area contributed by atoms with Crippen molar-refractivity contribution in [1.82, 2.24) is 10.3 Å². The highest BCUT2D eigenvalue weighted by molar-refractivity contribution is 7.90. The van der Waals surface area contributed by atoms with Crippen LogP contribution >= 0.6 is 23.2 Å². The number of guanidine groups is 1. The zero-order valence-electron chi connectivity index (χ0n) is 17.8. The van der Waals surface area contributed by atoms with Crippen LogP contribution in [-0.2, 0) is 16.6 Å². The summed E-state index contributed by atoms with van der Waals surface area (Å²) in [5.41, 5.74) is 9.99. The van der Waals surface area contributed by atoms with Gasteiger partial charge in [-0.15, -0.1) is 4.40 Å². The molecule has 9 heteroatoms. The predicted molar refractivity (Wildman–Crippen MR) is 137 cm³/mol. The van der Waals surface area contributed by atoms with Crippen LogP contribution in [0.2, 0.25) is 10.0 Å². The van der Waals surface area contributed by atoms with Gasteiger partial charge >= 0.3 is 0 Å². The fraction of sp³-hybridized carbons (Fsp3) is 0.0400. The van der Waals surface area contributed by atoms with E-state index in [2.05, 4.69) is 9.71 Å². The van der Waals surface area contributed by atoms with Crippen LogP contribution < -0.4 is 11.1 Å². The lowest BCUT2D eigenvalue weighted by molar-refractivity contribution is 0.597. The summed E-state index contributed by atoms with van der Waals surface area (Å²) in [5.74, 6) is -0.222. The fourth-order valence-electron chi connectivity index (χ4n) is 3.28. The van der Waals surface area contributed by atoms with E-state index in [1.165, 1.54) is 12.1 Å². The second-order valence-corrected chi connectivity index (χ2v) is 9.81. The molecule has 4 aromatic rings. The molecule has 172 valence electrons. The first kappa shape index (κ1) is 23.8. The molecule has 0 amide bonds. The van der Waals surface area contributed by atoms with E-state index in [-0.39, 0.29) is 17.4 Å². The second-order valence-electron chi connectivity index (χ2n) is 7.33. The van der Waals surface area contributed by atoms with Gasteiger partial charge in [-0.1, -0.05) is 71.7 Å². The lowest BCUT2D eigenvalue weighted by Crippen LogP contribution is -2.32. The van der Waals surface area contributed by atoms with E-state index in [1.807, 2.05) is 48.5 Å². The van der Waals surface area contributed by atoms with Crippen molar-refractivity contribution >= 4 is 39.2 Å². The number of nitrogens with two attached hydrogens (primary N) is 1. The van der Waals surface area contributed by atoms with E-state index in [0.717, 1.165) is 22.4 Å². The van der Waals surface area contributed by atoms with Crippen molar-refractivity contribution in [2.75, 3.05) is 0 Å². The van der Waals surface area contributed by atoms with Crippen LogP contribution in [0.1, 0.15) is 5.69 Å². The van der Waals surface area contributed by atoms with Crippen molar-refractivity contribution in [3.05, 3.63) is 107 Å². The fourth-order valence-corrected chi connectivity index (χ4v) is 4.46. The zero-order chi connectivity index (χ0) is 24.1. The third-order valence-electron chi connectivity index (χ3n) is 4.94. The smallest absolute Gasteiger partial charge is 0.285 e. The summed E-state index contributed by atoms with van der Waals surface area (Å²) in [6.45, 7) is 0.182. The molecule has 0 saturated carbocycles. The molecule has 0 bridgehead atoms. The lowest BCUT2D eigenvalue weighted by Gasteiger charge is -2.13. The Morgan fingerprint density at radius 3 is 2.03 bits per heavy atom. The first-order valence-corrected chi connectivity index (χ1v) is 12.4. The number of aromatic nitrogens is 1. The van der Waals surface area contributed by atoms with Gasteiger partial charge in [-0.25, -0.2) is 0 Å². The summed E-state index contributed by atoms with van der Waals surface area (Å²) in [4.78, 5) is 4.86. The molecule has 0 aliphatic carbocycles. The number of nitrogens with zero attached hydrogens (tertiary/aromatic N) is 2. The summed E-state index contributed by atoms with van der Waals surface area (Å²) >= 11 is 12.1. The van der Waals surface area contributed by atoms with Crippen LogP contribution in [0.15, 0.2) is 100 Å². The highest BCUT2D eigenvalue weighted by Crippen LogP contribution is 2.32. The van der Waals surface area contributed by atoms with Crippen LogP contribution in [0.4, 0.5) is 0 Å². The Morgan fingerprint density at radius 1 is 0.824 bits per heavy atom. The van der Waals surface area contributed by atoms with Crippen LogP contribution in [0.3, 0.4) is 0 Å². The molecule has 4 rings (SSSR count). The third-order valence-corrected chi connectivity index (χ3v) is 6.74. The van der Waals surface area contributed by atoms with E-state index in [0.29, 0.717) is 15.7 Å². The Labute approximate surface area is 208 Å². The number of hydrogen-bond acceptors (Lipinski definition) is 3. The van der Waals surface area contributed by atoms with Gasteiger partial charge in [-0.2, -0.15) is 8.42 Å². The maximum atomic E-state index is 12.4. The third kappa shape index (κ3) is 5.75. The number of rotatable bonds is 6. The maximum Gasteiger partial charge on any atom is 0.285 e. The Hall–Kier alpha value is -3.39. The summed E-state index contributed by atoms with van der Waals surface area (Å²) in [5, 5.41) is 4.09. The number of pyridine rings is 1. The highest BCUT2D eigenvalue weighted by Gasteiger charge is 2.14. The molecule has 6 nitrogen and oxygen atoms in total. The minimum absolute atomic E-state index is 0.0650. The van der Waals surface area contributed by atoms with E-state index < -0.39 is 10.0 Å². The number of benzene rings is 3. The van der Waals surface area contributed by atoms with Gasteiger partial charge in [0.15, 0.2) is 0 Å². The number of sulfonamides is 1. The summed E-state index contributed by atoms with van der Waals surface area (Å²) < 4.78 is 28.5. The molecule has 0 fully saturated rings. The van der Waals surface area contributed by atoms with Gasteiger partial charge in [-0.05, 0) is 48.0 Å². The first-order chi connectivity index (χ1) is 16.3. The van der Waals surface area contributed by atoms with Crippen molar-refractivity contribution in [3.8, 4) is 22.4 Å². The van der Waals surface area contributed by atoms with Crippen LogP contribution in [0.25, 0.3) is 22.4 Å². The molecule has 0 atom stereocenters. The molecule has 34 heavy (non-hydrogen) atoms. The molecule has 0 saturated heterocycles. The topological polar surface area (TPSA) is 97.4 Å². The molecule has 0 aliphatic rings. The predicted octanol–water partition coefficient (Wildman–Crippen LogP) is 5.52. The number of halogens is 2. The Morgan fingerprint density at radius 2 is 1.41 bits per heavy atom. The molecular formula is C25H20Cl2N4O2S. The first-order valence-electron chi connectivity index (χ1n) is 10.2. The maximum absolute atomic E-state index is 12.4. The number of nitrogens with one attached hydrogen (secondary N) is 1. The molecule has 0 aliphatic heterocycles. The van der Waals surface area contributed by atoms with Crippen LogP contribution in [0.5, 0.6) is 0 Å². The van der Waals surface area contributed by atoms with Crippen molar-refractivity contribution in [1.29, 1.82) is 0 Å². The quantitative estimate of drug-likeness (QED) is 0.263. The largest absolute Gasteiger partial charge is 0.369 e. The summed E-state index contributed by atoms with van der Waals surface area (Å²) in [6, 6.07) is 26.6. The van der Waals surface area contributed by atoms with Crippen molar-refractivity contribution in [2.45, 2.75) is 11.4 Å². The minimum Gasteiger partial charge on any atom is -0.369 e. The van der Waals surface area contributed by atoms with Crippen LogP contribution in [-0.4, -0.2) is 19.4 Å². The second kappa shape index (κ2) is 10.3. The van der Waals surface area contributed by atoms with Gasteiger partial charge in [-0.3, -0.25) is 4.98 Å². The minimum atomic E-state index is -3.91. The van der Waals surface area contributed by atoms with E-state index in [4.69, 9.17) is 33.9 Å². The molecule has 0 unspecified atom stereocenters. The SMILES string of the molecule is NC(=NS(=O)(=O)c1ccccc1)NCc1ccc(-c2ccc(Cl)cc2)c(-c2ccc(Cl)cc2)n1. The van der Waals surface area contributed by atoms with Crippen molar-refractivity contribution in [3.63, 3.8) is 0 Å². The molecule has 1 heterocycles. The van der Waals surface area contributed by atoms with Gasteiger partial charge in [0.05, 0.1) is 22.8 Å². The monoisotopic (exact) mass is 510 g/mol. The van der Waals surface area contributed by atoms with Gasteiger partial charge in [0, 0.05) is 21.2 Å². The Balaban J connectivity index is 1.62. The van der Waals surface area contributed by atoms with Crippen LogP contribution in [0, 0.1) is 0 Å². The van der Waals surface area contributed by atoms with Gasteiger partial charge in [0.1, 0.15) is 0 Å². The average molecular weight is 511 g/mol. The van der Waals surface area contributed by atoms with Crippen molar-refractivity contribution in [2.24, 2.45) is 10.1 Å². The van der Waals surface area contributed by atoms with Crippen molar-refractivity contribution < 1.29 is 8.42 Å². The van der Waals surface area contributed by atoms with E-state index in [9.17, 15) is 8.42 Å². The highest BCUT2D eigenvalue weighted by atomic mass is 35.5. The summed E-state index contributed by atoms with van der Waals surface area (Å²) in [6.07, 6.45) is 0. The number of hydrogen-bond donors (Lipinski definition) is 2. The average Bonchev–Trinajstić information content (AvgIpc) is 2.84.